The van der Waals surface area contributed by atoms with E-state index in [1.165, 1.54) is 12.0 Å². The van der Waals surface area contributed by atoms with Crippen molar-refractivity contribution in [3.8, 4) is 0 Å². The molecule has 0 saturated carbocycles. The topological polar surface area (TPSA) is 58.6 Å². The molecule has 2 aromatic rings. The van der Waals surface area contributed by atoms with E-state index in [1.807, 2.05) is 30.3 Å². The van der Waals surface area contributed by atoms with Crippen LogP contribution in [0.1, 0.15) is 17.2 Å². The third kappa shape index (κ3) is 3.00. The second-order valence-electron chi connectivity index (χ2n) is 5.18. The van der Waals surface area contributed by atoms with Crippen molar-refractivity contribution in [1.82, 2.24) is 4.90 Å². The van der Waals surface area contributed by atoms with E-state index in [9.17, 15) is 9.59 Å². The fourth-order valence-electron chi connectivity index (χ4n) is 2.71. The van der Waals surface area contributed by atoms with Gasteiger partial charge >= 0.3 is 12.0 Å². The van der Waals surface area contributed by atoms with Crippen LogP contribution in [0.15, 0.2) is 48.5 Å². The zero-order chi connectivity index (χ0) is 16.4. The number of amides is 2. The van der Waals surface area contributed by atoms with Crippen LogP contribution in [0.2, 0.25) is 5.02 Å². The number of hydrogen-bond acceptors (Lipinski definition) is 3. The summed E-state index contributed by atoms with van der Waals surface area (Å²) >= 11 is 6.12. The van der Waals surface area contributed by atoms with Crippen LogP contribution in [0, 0.1) is 0 Å². The van der Waals surface area contributed by atoms with E-state index in [-0.39, 0.29) is 12.6 Å². The highest BCUT2D eigenvalue weighted by atomic mass is 35.5. The predicted octanol–water partition coefficient (Wildman–Crippen LogP) is 3.45. The molecule has 0 saturated heterocycles. The highest BCUT2D eigenvalue weighted by molar-refractivity contribution is 6.30. The number of methoxy groups -OCH3 is 1. The number of carbonyl (C=O) groups excluding carboxylic acids is 2. The van der Waals surface area contributed by atoms with Gasteiger partial charge in [0.15, 0.2) is 0 Å². The number of esters is 1. The summed E-state index contributed by atoms with van der Waals surface area (Å²) in [5.74, 6) is -0.480. The maximum atomic E-state index is 12.5. The molecule has 1 N–H and O–H groups in total. The summed E-state index contributed by atoms with van der Waals surface area (Å²) in [4.78, 5) is 25.6. The van der Waals surface area contributed by atoms with Crippen LogP contribution in [0.25, 0.3) is 0 Å². The first kappa shape index (κ1) is 15.4. The number of benzene rings is 2. The maximum absolute atomic E-state index is 12.5. The quantitative estimate of drug-likeness (QED) is 0.877. The molecule has 23 heavy (non-hydrogen) atoms. The van der Waals surface area contributed by atoms with E-state index in [4.69, 9.17) is 16.3 Å². The van der Waals surface area contributed by atoms with Gasteiger partial charge in [0, 0.05) is 16.3 Å². The van der Waals surface area contributed by atoms with E-state index < -0.39 is 12.0 Å². The van der Waals surface area contributed by atoms with Gasteiger partial charge in [0.05, 0.1) is 13.2 Å². The second kappa shape index (κ2) is 6.30. The average molecular weight is 331 g/mol. The Balaban J connectivity index is 2.12. The van der Waals surface area contributed by atoms with Crippen molar-refractivity contribution >= 4 is 29.3 Å². The minimum atomic E-state index is -0.480. The molecule has 0 aromatic heterocycles. The molecule has 1 aliphatic heterocycles. The zero-order valence-electron chi connectivity index (χ0n) is 12.5. The molecule has 0 bridgehead atoms. The van der Waals surface area contributed by atoms with Crippen molar-refractivity contribution in [1.29, 1.82) is 0 Å². The van der Waals surface area contributed by atoms with E-state index in [2.05, 4.69) is 5.32 Å². The Morgan fingerprint density at radius 1 is 1.26 bits per heavy atom. The number of nitrogens with one attached hydrogen (secondary N) is 1. The van der Waals surface area contributed by atoms with Crippen LogP contribution in [0.4, 0.5) is 10.5 Å². The number of halogens is 1. The van der Waals surface area contributed by atoms with Gasteiger partial charge < -0.3 is 15.0 Å². The van der Waals surface area contributed by atoms with Crippen molar-refractivity contribution in [2.45, 2.75) is 6.04 Å². The summed E-state index contributed by atoms with van der Waals surface area (Å²) in [6.07, 6.45) is 0. The molecule has 0 spiro atoms. The number of carbonyl (C=O) groups is 2. The lowest BCUT2D eigenvalue weighted by Crippen LogP contribution is -2.45. The van der Waals surface area contributed by atoms with Gasteiger partial charge in [-0.05, 0) is 23.8 Å². The predicted molar refractivity (Wildman–Crippen MR) is 87.5 cm³/mol. The third-order valence-electron chi connectivity index (χ3n) is 3.76. The summed E-state index contributed by atoms with van der Waals surface area (Å²) < 4.78 is 4.71. The number of fused-ring (bicyclic) bond motifs is 1. The van der Waals surface area contributed by atoms with Crippen LogP contribution in [-0.2, 0) is 9.53 Å². The lowest BCUT2D eigenvalue weighted by Gasteiger charge is -2.37. The number of ether oxygens (including phenoxy) is 1. The number of urea groups is 1. The Bertz CT molecular complexity index is 749. The molecule has 0 fully saturated rings. The zero-order valence-corrected chi connectivity index (χ0v) is 13.2. The van der Waals surface area contributed by atoms with Gasteiger partial charge in [0.2, 0.25) is 0 Å². The van der Waals surface area contributed by atoms with Crippen molar-refractivity contribution in [2.24, 2.45) is 0 Å². The number of anilines is 1. The normalized spacial score (nSPS) is 16.5. The van der Waals surface area contributed by atoms with Gasteiger partial charge in [0.25, 0.3) is 0 Å². The molecule has 0 aliphatic carbocycles. The van der Waals surface area contributed by atoms with Crippen LogP contribution in [-0.4, -0.2) is 30.6 Å². The Kier molecular flexibility index (Phi) is 4.21. The monoisotopic (exact) mass is 330 g/mol. The lowest BCUT2D eigenvalue weighted by molar-refractivity contribution is -0.141. The molecule has 1 heterocycles. The largest absolute Gasteiger partial charge is 0.468 e. The van der Waals surface area contributed by atoms with Crippen LogP contribution in [0.3, 0.4) is 0 Å². The fourth-order valence-corrected chi connectivity index (χ4v) is 2.89. The lowest BCUT2D eigenvalue weighted by atomic mass is 9.94. The average Bonchev–Trinajstić information content (AvgIpc) is 2.56. The molecular weight excluding hydrogens is 316 g/mol. The molecule has 0 radical (unpaired) electrons. The first-order chi connectivity index (χ1) is 11.1. The van der Waals surface area contributed by atoms with E-state index >= 15 is 0 Å². The molecule has 3 rings (SSSR count). The fraction of sp³-hybridized carbons (Fsp3) is 0.176. The highest BCUT2D eigenvalue weighted by Crippen LogP contribution is 2.38. The Labute approximate surface area is 138 Å². The van der Waals surface area contributed by atoms with Crippen molar-refractivity contribution in [3.63, 3.8) is 0 Å². The number of nitrogens with zero attached hydrogens (tertiary/aromatic N) is 1. The van der Waals surface area contributed by atoms with Crippen LogP contribution >= 0.6 is 11.6 Å². The molecular formula is C17H15ClN2O3. The van der Waals surface area contributed by atoms with Crippen molar-refractivity contribution < 1.29 is 14.3 Å². The van der Waals surface area contributed by atoms with Gasteiger partial charge in [-0.3, -0.25) is 4.79 Å². The minimum absolute atomic E-state index is 0.145. The minimum Gasteiger partial charge on any atom is -0.468 e. The van der Waals surface area contributed by atoms with E-state index in [0.717, 1.165) is 11.1 Å². The van der Waals surface area contributed by atoms with Gasteiger partial charge in [-0.15, -0.1) is 0 Å². The van der Waals surface area contributed by atoms with Gasteiger partial charge in [-0.1, -0.05) is 41.9 Å². The summed E-state index contributed by atoms with van der Waals surface area (Å²) in [5.41, 5.74) is 2.43. The first-order valence-corrected chi connectivity index (χ1v) is 7.47. The van der Waals surface area contributed by atoms with Gasteiger partial charge in [0.1, 0.15) is 6.54 Å². The van der Waals surface area contributed by atoms with E-state index in [0.29, 0.717) is 10.7 Å². The van der Waals surface area contributed by atoms with Crippen LogP contribution < -0.4 is 5.32 Å². The Hall–Kier alpha value is -2.53. The Morgan fingerprint density at radius 2 is 2.00 bits per heavy atom. The summed E-state index contributed by atoms with van der Waals surface area (Å²) in [7, 11) is 1.30. The van der Waals surface area contributed by atoms with Crippen molar-refractivity contribution in [2.75, 3.05) is 19.0 Å². The van der Waals surface area contributed by atoms with Gasteiger partial charge in [-0.2, -0.15) is 0 Å². The van der Waals surface area contributed by atoms with Crippen molar-refractivity contribution in [3.05, 3.63) is 64.7 Å². The number of rotatable bonds is 3. The maximum Gasteiger partial charge on any atom is 0.325 e. The summed E-state index contributed by atoms with van der Waals surface area (Å²) in [5, 5.41) is 3.36. The molecule has 118 valence electrons. The molecule has 2 aromatic carbocycles. The highest BCUT2D eigenvalue weighted by Gasteiger charge is 2.35. The third-order valence-corrected chi connectivity index (χ3v) is 4.00. The molecule has 5 nitrogen and oxygen atoms in total. The SMILES string of the molecule is COC(=O)CN1C(=O)Nc2ccc(Cl)cc2[C@@H]1c1ccccc1. The first-order valence-electron chi connectivity index (χ1n) is 7.09. The standard InChI is InChI=1S/C17H15ClN2O3/c1-23-15(21)10-20-16(11-5-3-2-4-6-11)13-9-12(18)7-8-14(13)19-17(20)22/h2-9,16H,10H2,1H3,(H,19,22)/t16-/m0/s1. The molecule has 2 amide bonds. The molecule has 1 aliphatic rings. The molecule has 0 unspecified atom stereocenters. The van der Waals surface area contributed by atoms with E-state index in [1.54, 1.807) is 18.2 Å². The Morgan fingerprint density at radius 3 is 2.70 bits per heavy atom. The number of hydrogen-bond donors (Lipinski definition) is 1. The molecule has 6 heteroatoms. The van der Waals surface area contributed by atoms with Crippen LogP contribution in [0.5, 0.6) is 0 Å². The van der Waals surface area contributed by atoms with Gasteiger partial charge in [-0.25, -0.2) is 4.79 Å². The summed E-state index contributed by atoms with van der Waals surface area (Å²) in [6, 6.07) is 14.0. The summed E-state index contributed by atoms with van der Waals surface area (Å²) in [6.45, 7) is -0.145. The smallest absolute Gasteiger partial charge is 0.325 e. The molecule has 1 atom stereocenters. The second-order valence-corrected chi connectivity index (χ2v) is 5.62.